The minimum absolute atomic E-state index is 0.855. The molecule has 1 unspecified atom stereocenters. The average molecular weight is 167 g/mol. The SMILES string of the molecule is CNC(CC1CCCC1)C1CC1. The molecule has 0 aromatic carbocycles. The Bertz CT molecular complexity index is 134. The lowest BCUT2D eigenvalue weighted by atomic mass is 9.96. The van der Waals surface area contributed by atoms with Crippen molar-refractivity contribution in [2.24, 2.45) is 11.8 Å². The highest BCUT2D eigenvalue weighted by atomic mass is 14.9. The van der Waals surface area contributed by atoms with Crippen molar-refractivity contribution in [1.82, 2.24) is 5.32 Å². The zero-order chi connectivity index (χ0) is 8.39. The van der Waals surface area contributed by atoms with Gasteiger partial charge in [0.2, 0.25) is 0 Å². The highest BCUT2D eigenvalue weighted by Crippen LogP contribution is 2.38. The summed E-state index contributed by atoms with van der Waals surface area (Å²) < 4.78 is 0. The lowest BCUT2D eigenvalue weighted by molar-refractivity contribution is 0.376. The van der Waals surface area contributed by atoms with Crippen LogP contribution in [0.1, 0.15) is 44.9 Å². The Morgan fingerprint density at radius 2 is 1.83 bits per heavy atom. The quantitative estimate of drug-likeness (QED) is 0.678. The molecule has 2 aliphatic rings. The van der Waals surface area contributed by atoms with Crippen LogP contribution < -0.4 is 5.32 Å². The topological polar surface area (TPSA) is 12.0 Å². The molecular formula is C11H21N. The maximum atomic E-state index is 3.49. The molecule has 12 heavy (non-hydrogen) atoms. The van der Waals surface area contributed by atoms with Gasteiger partial charge >= 0.3 is 0 Å². The molecule has 0 aromatic rings. The third-order valence-corrected chi connectivity index (χ3v) is 3.62. The Kier molecular flexibility index (Phi) is 2.69. The van der Waals surface area contributed by atoms with E-state index in [1.54, 1.807) is 0 Å². The summed E-state index contributed by atoms with van der Waals surface area (Å²) in [6.07, 6.45) is 10.4. The van der Waals surface area contributed by atoms with Gasteiger partial charge in [0.15, 0.2) is 0 Å². The molecule has 0 saturated heterocycles. The maximum Gasteiger partial charge on any atom is 0.00949 e. The molecule has 2 rings (SSSR count). The molecule has 1 atom stereocenters. The Balaban J connectivity index is 1.74. The summed E-state index contributed by atoms with van der Waals surface area (Å²) in [6.45, 7) is 0. The molecule has 0 bridgehead atoms. The van der Waals surface area contributed by atoms with E-state index in [0.29, 0.717) is 0 Å². The first-order chi connectivity index (χ1) is 5.90. The van der Waals surface area contributed by atoms with Crippen LogP contribution in [0.3, 0.4) is 0 Å². The first kappa shape index (κ1) is 8.55. The van der Waals surface area contributed by atoms with Crippen LogP contribution in [0.25, 0.3) is 0 Å². The van der Waals surface area contributed by atoms with Crippen LogP contribution in [0.5, 0.6) is 0 Å². The normalized spacial score (nSPS) is 27.8. The molecule has 0 amide bonds. The van der Waals surface area contributed by atoms with Gasteiger partial charge in [-0.05, 0) is 38.1 Å². The predicted octanol–water partition coefficient (Wildman–Crippen LogP) is 2.56. The molecule has 0 radical (unpaired) electrons. The van der Waals surface area contributed by atoms with Gasteiger partial charge in [-0.2, -0.15) is 0 Å². The second kappa shape index (κ2) is 3.78. The molecule has 2 saturated carbocycles. The summed E-state index contributed by atoms with van der Waals surface area (Å²) in [5, 5.41) is 3.49. The van der Waals surface area contributed by atoms with E-state index in [-0.39, 0.29) is 0 Å². The summed E-state index contributed by atoms with van der Waals surface area (Å²) in [5.74, 6) is 2.10. The molecule has 2 aliphatic carbocycles. The van der Waals surface area contributed by atoms with Crippen LogP contribution in [0.4, 0.5) is 0 Å². The van der Waals surface area contributed by atoms with Gasteiger partial charge in [0.05, 0.1) is 0 Å². The van der Waals surface area contributed by atoms with Gasteiger partial charge in [-0.1, -0.05) is 25.7 Å². The second-order valence-corrected chi connectivity index (χ2v) is 4.62. The lowest BCUT2D eigenvalue weighted by Gasteiger charge is -2.19. The predicted molar refractivity (Wildman–Crippen MR) is 52.1 cm³/mol. The van der Waals surface area contributed by atoms with Crippen molar-refractivity contribution in [1.29, 1.82) is 0 Å². The molecular weight excluding hydrogens is 146 g/mol. The van der Waals surface area contributed by atoms with Crippen molar-refractivity contribution in [2.75, 3.05) is 7.05 Å². The lowest BCUT2D eigenvalue weighted by Crippen LogP contribution is -2.29. The van der Waals surface area contributed by atoms with E-state index in [1.807, 2.05) is 0 Å². The fourth-order valence-electron chi connectivity index (χ4n) is 2.65. The van der Waals surface area contributed by atoms with E-state index in [9.17, 15) is 0 Å². The minimum Gasteiger partial charge on any atom is -0.317 e. The van der Waals surface area contributed by atoms with E-state index in [2.05, 4.69) is 12.4 Å². The first-order valence-corrected chi connectivity index (χ1v) is 5.57. The summed E-state index contributed by atoms with van der Waals surface area (Å²) in [4.78, 5) is 0. The van der Waals surface area contributed by atoms with Gasteiger partial charge in [-0.3, -0.25) is 0 Å². The van der Waals surface area contributed by atoms with Crippen LogP contribution >= 0.6 is 0 Å². The van der Waals surface area contributed by atoms with Gasteiger partial charge < -0.3 is 5.32 Å². The zero-order valence-corrected chi connectivity index (χ0v) is 8.18. The summed E-state index contributed by atoms with van der Waals surface area (Å²) in [6, 6.07) is 0.855. The van der Waals surface area contributed by atoms with Gasteiger partial charge in [0, 0.05) is 6.04 Å². The number of rotatable bonds is 4. The van der Waals surface area contributed by atoms with Gasteiger partial charge in [-0.15, -0.1) is 0 Å². The van der Waals surface area contributed by atoms with Crippen molar-refractivity contribution < 1.29 is 0 Å². The molecule has 70 valence electrons. The number of hydrogen-bond acceptors (Lipinski definition) is 1. The largest absolute Gasteiger partial charge is 0.317 e. The monoisotopic (exact) mass is 167 g/mol. The van der Waals surface area contributed by atoms with E-state index < -0.39 is 0 Å². The summed E-state index contributed by atoms with van der Waals surface area (Å²) in [5.41, 5.74) is 0. The fraction of sp³-hybridized carbons (Fsp3) is 1.00. The molecule has 1 nitrogen and oxygen atoms in total. The molecule has 0 spiro atoms. The Morgan fingerprint density at radius 1 is 1.17 bits per heavy atom. The Morgan fingerprint density at radius 3 is 2.33 bits per heavy atom. The van der Waals surface area contributed by atoms with Crippen molar-refractivity contribution in [3.8, 4) is 0 Å². The van der Waals surface area contributed by atoms with Crippen molar-refractivity contribution in [3.05, 3.63) is 0 Å². The second-order valence-electron chi connectivity index (χ2n) is 4.62. The van der Waals surface area contributed by atoms with Crippen LogP contribution in [-0.4, -0.2) is 13.1 Å². The van der Waals surface area contributed by atoms with E-state index in [4.69, 9.17) is 0 Å². The van der Waals surface area contributed by atoms with Crippen LogP contribution in [0.2, 0.25) is 0 Å². The molecule has 0 aliphatic heterocycles. The standard InChI is InChI=1S/C11H21N/c1-12-11(10-6-7-10)8-9-4-2-3-5-9/h9-12H,2-8H2,1H3. The first-order valence-electron chi connectivity index (χ1n) is 5.57. The molecule has 0 aromatic heterocycles. The fourth-order valence-corrected chi connectivity index (χ4v) is 2.65. The minimum atomic E-state index is 0.855. The van der Waals surface area contributed by atoms with Crippen molar-refractivity contribution in [3.63, 3.8) is 0 Å². The van der Waals surface area contributed by atoms with Crippen LogP contribution in [-0.2, 0) is 0 Å². The molecule has 1 N–H and O–H groups in total. The third-order valence-electron chi connectivity index (χ3n) is 3.62. The number of hydrogen-bond donors (Lipinski definition) is 1. The third kappa shape index (κ3) is 2.01. The zero-order valence-electron chi connectivity index (χ0n) is 8.18. The summed E-state index contributed by atoms with van der Waals surface area (Å²) >= 11 is 0. The Hall–Kier alpha value is -0.0400. The van der Waals surface area contributed by atoms with Gasteiger partial charge in [0.25, 0.3) is 0 Å². The molecule has 1 heteroatoms. The summed E-state index contributed by atoms with van der Waals surface area (Å²) in [7, 11) is 2.14. The molecule has 2 fully saturated rings. The molecule has 0 heterocycles. The highest BCUT2D eigenvalue weighted by Gasteiger charge is 2.32. The average Bonchev–Trinajstić information content (AvgIpc) is 2.80. The van der Waals surface area contributed by atoms with E-state index in [1.165, 1.54) is 44.9 Å². The maximum absolute atomic E-state index is 3.49. The van der Waals surface area contributed by atoms with E-state index in [0.717, 1.165) is 17.9 Å². The highest BCUT2D eigenvalue weighted by molar-refractivity contribution is 4.87. The van der Waals surface area contributed by atoms with Crippen LogP contribution in [0, 0.1) is 11.8 Å². The van der Waals surface area contributed by atoms with Gasteiger partial charge in [0.1, 0.15) is 0 Å². The van der Waals surface area contributed by atoms with Crippen molar-refractivity contribution in [2.45, 2.75) is 51.0 Å². The van der Waals surface area contributed by atoms with Gasteiger partial charge in [-0.25, -0.2) is 0 Å². The number of nitrogens with one attached hydrogen (secondary N) is 1. The van der Waals surface area contributed by atoms with E-state index >= 15 is 0 Å². The Labute approximate surface area is 75.9 Å². The van der Waals surface area contributed by atoms with Crippen LogP contribution in [0.15, 0.2) is 0 Å². The smallest absolute Gasteiger partial charge is 0.00949 e. The van der Waals surface area contributed by atoms with Crippen molar-refractivity contribution >= 4 is 0 Å².